The summed E-state index contributed by atoms with van der Waals surface area (Å²) in [6.45, 7) is 3.86. The number of allylic oxidation sites excluding steroid dienone is 2. The van der Waals surface area contributed by atoms with Gasteiger partial charge in [0.05, 0.1) is 16.6 Å². The lowest BCUT2D eigenvalue weighted by molar-refractivity contribution is 0.424. The number of aryl methyl sites for hydroxylation is 2. The van der Waals surface area contributed by atoms with Gasteiger partial charge in [-0.25, -0.2) is 8.42 Å². The third-order valence-corrected chi connectivity index (χ3v) is 8.61. The van der Waals surface area contributed by atoms with Crippen LogP contribution in [0.15, 0.2) is 82.2 Å². The van der Waals surface area contributed by atoms with Gasteiger partial charge in [-0.3, -0.25) is 4.72 Å². The molecule has 5 rings (SSSR count). The highest BCUT2D eigenvalue weighted by atomic mass is 79.9. The van der Waals surface area contributed by atoms with Crippen molar-refractivity contribution in [2.75, 3.05) is 10.0 Å². The summed E-state index contributed by atoms with van der Waals surface area (Å²) in [7, 11) is -3.70. The standard InChI is InChI=1S/C26H25BrN2O2S/c1-16-10-11-17(2)25(14-16)29-32(30,31)18-12-13-24-22(15-18)19-7-5-8-20(19)26(28-24)21-6-3-4-9-23(21)27/h3-7,9-15,19-20,26,28-29H,8H2,1-2H3/t19-,20+,26-/m0/s1. The summed E-state index contributed by atoms with van der Waals surface area (Å²) in [4.78, 5) is 0.289. The van der Waals surface area contributed by atoms with E-state index in [9.17, 15) is 8.42 Å². The van der Waals surface area contributed by atoms with Gasteiger partial charge >= 0.3 is 0 Å². The molecule has 1 heterocycles. The second kappa shape index (κ2) is 8.09. The minimum absolute atomic E-state index is 0.161. The molecule has 0 fully saturated rings. The van der Waals surface area contributed by atoms with Crippen molar-refractivity contribution in [3.8, 4) is 0 Å². The van der Waals surface area contributed by atoms with Gasteiger partial charge in [-0.15, -0.1) is 0 Å². The molecule has 0 bridgehead atoms. The largest absolute Gasteiger partial charge is 0.378 e. The SMILES string of the molecule is Cc1ccc(C)c(NS(=O)(=O)c2ccc3c(c2)[C@H]2C=CC[C@H]2[C@@H](c2ccccc2Br)N3)c1. The quantitative estimate of drug-likeness (QED) is 0.385. The zero-order valence-corrected chi connectivity index (χ0v) is 20.4. The summed E-state index contributed by atoms with van der Waals surface area (Å²) in [5.41, 5.74) is 5.78. The second-order valence-electron chi connectivity index (χ2n) is 8.67. The fourth-order valence-electron chi connectivity index (χ4n) is 4.82. The van der Waals surface area contributed by atoms with Crippen LogP contribution in [-0.2, 0) is 10.0 Å². The van der Waals surface area contributed by atoms with Gasteiger partial charge < -0.3 is 5.32 Å². The summed E-state index contributed by atoms with van der Waals surface area (Å²) in [5, 5.41) is 3.69. The maximum Gasteiger partial charge on any atom is 0.261 e. The van der Waals surface area contributed by atoms with Gasteiger partial charge in [0, 0.05) is 16.1 Å². The van der Waals surface area contributed by atoms with Gasteiger partial charge in [0.2, 0.25) is 0 Å². The highest BCUT2D eigenvalue weighted by Gasteiger charge is 2.39. The molecule has 0 spiro atoms. The van der Waals surface area contributed by atoms with Gasteiger partial charge in [-0.05, 0) is 78.8 Å². The first-order valence-corrected chi connectivity index (χ1v) is 13.0. The zero-order chi connectivity index (χ0) is 22.5. The van der Waals surface area contributed by atoms with Crippen molar-refractivity contribution in [3.05, 3.63) is 99.5 Å². The van der Waals surface area contributed by atoms with Crippen molar-refractivity contribution in [1.82, 2.24) is 0 Å². The Kier molecular flexibility index (Phi) is 5.38. The molecule has 6 heteroatoms. The molecule has 164 valence electrons. The molecule has 0 amide bonds. The number of fused-ring (bicyclic) bond motifs is 3. The molecule has 1 aliphatic heterocycles. The van der Waals surface area contributed by atoms with Crippen LogP contribution in [-0.4, -0.2) is 8.42 Å². The Balaban J connectivity index is 1.51. The van der Waals surface area contributed by atoms with Crippen molar-refractivity contribution < 1.29 is 8.42 Å². The smallest absolute Gasteiger partial charge is 0.261 e. The predicted octanol–water partition coefficient (Wildman–Crippen LogP) is 6.69. The molecular formula is C26H25BrN2O2S. The lowest BCUT2D eigenvalue weighted by atomic mass is 9.77. The Morgan fingerprint density at radius 1 is 1.00 bits per heavy atom. The van der Waals surface area contributed by atoms with Gasteiger partial charge in [-0.1, -0.05) is 58.4 Å². The van der Waals surface area contributed by atoms with E-state index in [-0.39, 0.29) is 16.9 Å². The molecule has 32 heavy (non-hydrogen) atoms. The fourth-order valence-corrected chi connectivity index (χ4v) is 6.51. The van der Waals surface area contributed by atoms with Crippen molar-refractivity contribution in [1.29, 1.82) is 0 Å². The minimum atomic E-state index is -3.70. The summed E-state index contributed by atoms with van der Waals surface area (Å²) >= 11 is 3.70. The number of halogens is 1. The molecule has 1 aliphatic carbocycles. The zero-order valence-electron chi connectivity index (χ0n) is 18.0. The van der Waals surface area contributed by atoms with Crippen LogP contribution in [0.1, 0.15) is 40.6 Å². The number of hydrogen-bond donors (Lipinski definition) is 2. The second-order valence-corrected chi connectivity index (χ2v) is 11.2. The average molecular weight is 509 g/mol. The van der Waals surface area contributed by atoms with Crippen molar-refractivity contribution in [3.63, 3.8) is 0 Å². The van der Waals surface area contributed by atoms with Crippen molar-refractivity contribution in [2.45, 2.75) is 37.1 Å². The molecule has 0 radical (unpaired) electrons. The number of hydrogen-bond acceptors (Lipinski definition) is 3. The van der Waals surface area contributed by atoms with E-state index in [0.717, 1.165) is 33.3 Å². The summed E-state index contributed by atoms with van der Waals surface area (Å²) in [5.74, 6) is 0.519. The van der Waals surface area contributed by atoms with Crippen LogP contribution in [0, 0.1) is 19.8 Å². The third-order valence-electron chi connectivity index (χ3n) is 6.52. The Hall–Kier alpha value is -2.57. The monoisotopic (exact) mass is 508 g/mol. The van der Waals surface area contributed by atoms with E-state index in [1.165, 1.54) is 5.56 Å². The molecule has 3 atom stereocenters. The number of rotatable bonds is 4. The first-order valence-electron chi connectivity index (χ1n) is 10.7. The Labute approximate surface area is 197 Å². The maximum atomic E-state index is 13.2. The van der Waals surface area contributed by atoms with Crippen LogP contribution in [0.25, 0.3) is 0 Å². The van der Waals surface area contributed by atoms with E-state index in [4.69, 9.17) is 0 Å². The van der Waals surface area contributed by atoms with E-state index >= 15 is 0 Å². The van der Waals surface area contributed by atoms with Crippen LogP contribution in [0.5, 0.6) is 0 Å². The molecule has 0 saturated carbocycles. The highest BCUT2D eigenvalue weighted by molar-refractivity contribution is 9.10. The Morgan fingerprint density at radius 3 is 2.62 bits per heavy atom. The van der Waals surface area contributed by atoms with Gasteiger partial charge in [0.25, 0.3) is 10.0 Å². The van der Waals surface area contributed by atoms with Gasteiger partial charge in [-0.2, -0.15) is 0 Å². The number of anilines is 2. The molecular weight excluding hydrogens is 484 g/mol. The van der Waals surface area contributed by atoms with E-state index in [1.807, 2.05) is 50.2 Å². The molecule has 0 saturated heterocycles. The summed E-state index contributed by atoms with van der Waals surface area (Å²) < 4.78 is 30.3. The van der Waals surface area contributed by atoms with Crippen LogP contribution in [0.4, 0.5) is 11.4 Å². The molecule has 2 N–H and O–H groups in total. The first kappa shape index (κ1) is 21.3. The highest BCUT2D eigenvalue weighted by Crippen LogP contribution is 2.51. The normalized spacial score (nSPS) is 21.5. The van der Waals surface area contributed by atoms with Gasteiger partial charge in [0.1, 0.15) is 0 Å². The third kappa shape index (κ3) is 3.76. The summed E-state index contributed by atoms with van der Waals surface area (Å²) in [6, 6.07) is 19.7. The molecule has 0 aromatic heterocycles. The lowest BCUT2D eigenvalue weighted by Crippen LogP contribution is -2.29. The molecule has 2 aliphatic rings. The maximum absolute atomic E-state index is 13.2. The van der Waals surface area contributed by atoms with E-state index in [1.54, 1.807) is 6.07 Å². The number of nitrogens with one attached hydrogen (secondary N) is 2. The van der Waals surface area contributed by atoms with Crippen molar-refractivity contribution in [2.24, 2.45) is 5.92 Å². The van der Waals surface area contributed by atoms with Crippen LogP contribution < -0.4 is 10.0 Å². The Morgan fingerprint density at radius 2 is 1.81 bits per heavy atom. The fraction of sp³-hybridized carbons (Fsp3) is 0.231. The molecule has 0 unspecified atom stereocenters. The van der Waals surface area contributed by atoms with E-state index in [2.05, 4.69) is 56.3 Å². The first-order chi connectivity index (χ1) is 15.3. The number of sulfonamides is 1. The Bertz CT molecular complexity index is 1330. The van der Waals surface area contributed by atoms with Crippen LogP contribution in [0.2, 0.25) is 0 Å². The molecule has 3 aromatic carbocycles. The van der Waals surface area contributed by atoms with E-state index < -0.39 is 10.0 Å². The van der Waals surface area contributed by atoms with Crippen molar-refractivity contribution >= 4 is 37.3 Å². The molecule has 4 nitrogen and oxygen atoms in total. The van der Waals surface area contributed by atoms with Crippen LogP contribution >= 0.6 is 15.9 Å². The lowest BCUT2D eigenvalue weighted by Gasteiger charge is -2.38. The minimum Gasteiger partial charge on any atom is -0.378 e. The van der Waals surface area contributed by atoms with E-state index in [0.29, 0.717) is 11.6 Å². The van der Waals surface area contributed by atoms with Gasteiger partial charge in [0.15, 0.2) is 0 Å². The molecule has 3 aromatic rings. The van der Waals surface area contributed by atoms with Crippen LogP contribution in [0.3, 0.4) is 0 Å². The predicted molar refractivity (Wildman–Crippen MR) is 134 cm³/mol. The topological polar surface area (TPSA) is 58.2 Å². The number of benzene rings is 3. The average Bonchev–Trinajstić information content (AvgIpc) is 3.26. The summed E-state index contributed by atoms with van der Waals surface area (Å²) in [6.07, 6.45) is 5.40.